The predicted molar refractivity (Wildman–Crippen MR) is 261 cm³/mol. The number of nitrogens with one attached hydrogen (secondary N) is 1. The molecule has 0 amide bonds. The zero-order chi connectivity index (χ0) is 46.7. The largest absolute Gasteiger partial charge is 0.472 e. The summed E-state index contributed by atoms with van der Waals surface area (Å²) in [4.78, 5) is 34.7. The second kappa shape index (κ2) is 26.2. The zero-order valence-corrected chi connectivity index (χ0v) is 40.3. The smallest absolute Gasteiger partial charge is 0.457 e. The van der Waals surface area contributed by atoms with Crippen LogP contribution < -0.4 is 5.32 Å². The summed E-state index contributed by atoms with van der Waals surface area (Å²) in [6, 6.07) is 24.9. The van der Waals surface area contributed by atoms with Gasteiger partial charge in [0.1, 0.15) is 24.9 Å². The van der Waals surface area contributed by atoms with Crippen molar-refractivity contribution in [2.24, 2.45) is 0 Å². The molecule has 0 saturated carbocycles. The number of quaternary nitrogens is 1. The Balaban J connectivity index is 1.15. The molecule has 0 heterocycles. The molecule has 65 heavy (non-hydrogen) atoms. The van der Waals surface area contributed by atoms with Gasteiger partial charge in [0.15, 0.2) is 6.29 Å². The van der Waals surface area contributed by atoms with E-state index < -0.39 is 37.7 Å². The van der Waals surface area contributed by atoms with E-state index in [-0.39, 0.29) is 25.3 Å². The van der Waals surface area contributed by atoms with Crippen molar-refractivity contribution in [3.05, 3.63) is 94.0 Å². The van der Waals surface area contributed by atoms with Gasteiger partial charge in [-0.15, -0.1) is 0 Å². The van der Waals surface area contributed by atoms with Crippen LogP contribution in [-0.4, -0.2) is 93.3 Å². The third-order valence-electron chi connectivity index (χ3n) is 11.7. The van der Waals surface area contributed by atoms with Gasteiger partial charge in [0, 0.05) is 25.6 Å². The molecule has 0 aliphatic carbocycles. The van der Waals surface area contributed by atoms with Crippen LogP contribution in [-0.2, 0) is 39.0 Å². The summed E-state index contributed by atoms with van der Waals surface area (Å²) < 4.78 is 42.5. The van der Waals surface area contributed by atoms with Crippen molar-refractivity contribution in [2.45, 2.75) is 123 Å². The van der Waals surface area contributed by atoms with Gasteiger partial charge in [-0.1, -0.05) is 113 Å². The van der Waals surface area contributed by atoms with Crippen LogP contribution in [0.15, 0.2) is 72.8 Å². The number of aryl methyl sites for hydroxylation is 2. The van der Waals surface area contributed by atoms with Gasteiger partial charge in [0.2, 0.25) is 0 Å². The van der Waals surface area contributed by atoms with Crippen molar-refractivity contribution in [2.75, 3.05) is 66.0 Å². The van der Waals surface area contributed by atoms with E-state index in [1.807, 2.05) is 34.1 Å². The molecule has 0 aromatic heterocycles. The van der Waals surface area contributed by atoms with E-state index >= 15 is 0 Å². The van der Waals surface area contributed by atoms with Crippen LogP contribution in [0.25, 0.3) is 32.3 Å². The average Bonchev–Trinajstić information content (AvgIpc) is 3.26. The Labute approximate surface area is 385 Å². The molecule has 5 rings (SSSR count). The van der Waals surface area contributed by atoms with Crippen molar-refractivity contribution < 1.29 is 46.9 Å². The maximum Gasteiger partial charge on any atom is 0.472 e. The number of phosphoric ester groups is 1. The standard InChI is InChI=1S/C51H72N3O10P/c1-6-7-8-9-10-11-14-23-49(60-34-17-15-19-40-25-26-43-28-27-41-20-18-21-42-29-30-45(40)51(43)50(41)42)61-37-44(38-63-65(58,59)62-35-33-54(3,4)5)64-48(55)22-13-12-16-32-52-46-31-24-39(2)36-47(46)53(56)57/h18,20-21,24-31,36,44,49,52H,6-17,19,22-23,32-35,37-38H2,1-5H3/p+1. The van der Waals surface area contributed by atoms with Gasteiger partial charge in [-0.05, 0) is 101 Å². The molecule has 0 fully saturated rings. The maximum atomic E-state index is 13.2. The first kappa shape index (κ1) is 51.8. The lowest BCUT2D eigenvalue weighted by molar-refractivity contribution is -0.870. The van der Waals surface area contributed by atoms with Crippen LogP contribution in [0.1, 0.15) is 108 Å². The number of benzene rings is 5. The number of anilines is 1. The minimum absolute atomic E-state index is 0.00935. The van der Waals surface area contributed by atoms with Crippen LogP contribution in [0.2, 0.25) is 0 Å². The number of carbonyl (C=O) groups excluding carboxylic acids is 1. The first-order valence-corrected chi connectivity index (χ1v) is 25.2. The lowest BCUT2D eigenvalue weighted by atomic mass is 9.91. The van der Waals surface area contributed by atoms with E-state index in [1.54, 1.807) is 6.07 Å². The molecule has 0 aliphatic rings. The Kier molecular flexibility index (Phi) is 20.9. The number of nitro groups is 1. The van der Waals surface area contributed by atoms with Gasteiger partial charge >= 0.3 is 13.8 Å². The molecule has 0 radical (unpaired) electrons. The van der Waals surface area contributed by atoms with E-state index in [2.05, 4.69) is 66.8 Å². The lowest BCUT2D eigenvalue weighted by Crippen LogP contribution is -2.37. The predicted octanol–water partition coefficient (Wildman–Crippen LogP) is 12.0. The third kappa shape index (κ3) is 17.5. The molecule has 356 valence electrons. The molecule has 3 atom stereocenters. The summed E-state index contributed by atoms with van der Waals surface area (Å²) in [6.45, 7) is 5.03. The highest BCUT2D eigenvalue weighted by Crippen LogP contribution is 2.43. The lowest BCUT2D eigenvalue weighted by Gasteiger charge is -2.25. The van der Waals surface area contributed by atoms with Gasteiger partial charge in [-0.3, -0.25) is 24.0 Å². The van der Waals surface area contributed by atoms with Crippen molar-refractivity contribution in [1.29, 1.82) is 0 Å². The number of ether oxygens (including phenoxy) is 3. The highest BCUT2D eigenvalue weighted by atomic mass is 31.2. The zero-order valence-electron chi connectivity index (χ0n) is 39.4. The normalized spacial score (nSPS) is 13.9. The highest BCUT2D eigenvalue weighted by Gasteiger charge is 2.27. The Morgan fingerprint density at radius 1 is 0.785 bits per heavy atom. The van der Waals surface area contributed by atoms with Gasteiger partial charge in [0.05, 0.1) is 39.3 Å². The number of phosphoric acid groups is 1. The number of likely N-dealkylation sites (N-methyl/N-ethyl adjacent to an activating group) is 1. The van der Waals surface area contributed by atoms with Gasteiger partial charge in [-0.25, -0.2) is 4.57 Å². The Morgan fingerprint density at radius 3 is 2.22 bits per heavy atom. The Bertz CT molecular complexity index is 2260. The molecular weight excluding hydrogens is 846 g/mol. The van der Waals surface area contributed by atoms with Crippen LogP contribution in [0.3, 0.4) is 0 Å². The third-order valence-corrected chi connectivity index (χ3v) is 12.7. The molecule has 5 aromatic rings. The topological polar surface area (TPSA) is 156 Å². The van der Waals surface area contributed by atoms with Gasteiger partial charge < -0.3 is 28.9 Å². The number of hydrogen-bond acceptors (Lipinski definition) is 10. The van der Waals surface area contributed by atoms with E-state index in [4.69, 9.17) is 23.3 Å². The highest BCUT2D eigenvalue weighted by molar-refractivity contribution is 7.47. The SMILES string of the molecule is CCCCCCCCCC(OCCCCc1ccc2ccc3cccc4ccc1c2c34)OCC(COP(=O)(O)OCC[N+](C)(C)C)OC(=O)CCCCCNc1ccc(C)cc1[N+](=O)[O-]. The van der Waals surface area contributed by atoms with Crippen molar-refractivity contribution in [1.82, 2.24) is 0 Å². The number of carbonyl (C=O) groups is 1. The van der Waals surface area contributed by atoms with Crippen molar-refractivity contribution >= 4 is 57.5 Å². The summed E-state index contributed by atoms with van der Waals surface area (Å²) in [7, 11) is 1.40. The Hall–Kier alpha value is -4.20. The monoisotopic (exact) mass is 919 g/mol. The summed E-state index contributed by atoms with van der Waals surface area (Å²) in [5, 5.41) is 22.3. The number of nitro benzene ring substituents is 1. The fourth-order valence-corrected chi connectivity index (χ4v) is 8.83. The van der Waals surface area contributed by atoms with Crippen molar-refractivity contribution in [3.8, 4) is 0 Å². The molecular formula is C51H73N3O10P+. The van der Waals surface area contributed by atoms with Crippen LogP contribution in [0.5, 0.6) is 0 Å². The fourth-order valence-electron chi connectivity index (χ4n) is 8.09. The van der Waals surface area contributed by atoms with E-state index in [9.17, 15) is 24.4 Å². The van der Waals surface area contributed by atoms with E-state index in [1.165, 1.54) is 69.6 Å². The molecule has 0 aliphatic heterocycles. The van der Waals surface area contributed by atoms with Crippen LogP contribution in [0, 0.1) is 17.0 Å². The quantitative estimate of drug-likeness (QED) is 0.00603. The molecule has 3 unspecified atom stereocenters. The number of nitrogens with zero attached hydrogens (tertiary/aromatic N) is 2. The molecule has 0 bridgehead atoms. The molecule has 13 nitrogen and oxygen atoms in total. The second-order valence-electron chi connectivity index (χ2n) is 18.3. The van der Waals surface area contributed by atoms with E-state index in [0.717, 1.165) is 44.1 Å². The minimum Gasteiger partial charge on any atom is -0.457 e. The van der Waals surface area contributed by atoms with E-state index in [0.29, 0.717) is 55.6 Å². The molecule has 0 spiro atoms. The minimum atomic E-state index is -4.45. The first-order chi connectivity index (χ1) is 31.2. The summed E-state index contributed by atoms with van der Waals surface area (Å²) in [5.41, 5.74) is 2.62. The summed E-state index contributed by atoms with van der Waals surface area (Å²) >= 11 is 0. The number of unbranched alkanes of at least 4 members (excludes halogenated alkanes) is 9. The molecule has 0 saturated heterocycles. The fraction of sp³-hybridized carbons (Fsp3) is 0.549. The second-order valence-corrected chi connectivity index (χ2v) is 19.8. The number of esters is 1. The van der Waals surface area contributed by atoms with Gasteiger partial charge in [-0.2, -0.15) is 0 Å². The van der Waals surface area contributed by atoms with Gasteiger partial charge in [0.25, 0.3) is 5.69 Å². The van der Waals surface area contributed by atoms with Crippen molar-refractivity contribution in [3.63, 3.8) is 0 Å². The molecule has 5 aromatic carbocycles. The summed E-state index contributed by atoms with van der Waals surface area (Å²) in [6.07, 6.45) is 11.8. The first-order valence-electron chi connectivity index (χ1n) is 23.7. The number of rotatable bonds is 33. The van der Waals surface area contributed by atoms with Crippen LogP contribution >= 0.6 is 7.82 Å². The van der Waals surface area contributed by atoms with Crippen LogP contribution in [0.4, 0.5) is 11.4 Å². The maximum absolute atomic E-state index is 13.2. The average molecular weight is 919 g/mol. The molecule has 14 heteroatoms. The number of hydrogen-bond donors (Lipinski definition) is 2. The Morgan fingerprint density at radius 2 is 1.48 bits per heavy atom. The molecule has 2 N–H and O–H groups in total. The summed E-state index contributed by atoms with van der Waals surface area (Å²) in [5.74, 6) is -0.487.